The maximum absolute atomic E-state index is 13.8. The number of hydrogen-bond donors (Lipinski definition) is 3. The number of aromatic nitrogens is 1. The van der Waals surface area contributed by atoms with Crippen molar-refractivity contribution < 1.29 is 23.9 Å². The van der Waals surface area contributed by atoms with Gasteiger partial charge in [0.15, 0.2) is 0 Å². The Bertz CT molecular complexity index is 1920. The first-order chi connectivity index (χ1) is 23.3. The van der Waals surface area contributed by atoms with Gasteiger partial charge in [-0.15, -0.1) is 11.8 Å². The van der Waals surface area contributed by atoms with Crippen molar-refractivity contribution in [3.05, 3.63) is 149 Å². The predicted octanol–water partition coefficient (Wildman–Crippen LogP) is 7.63. The van der Waals surface area contributed by atoms with Crippen molar-refractivity contribution in [3.8, 4) is 11.5 Å². The van der Waals surface area contributed by atoms with Crippen molar-refractivity contribution in [2.24, 2.45) is 0 Å². The fraction of sp³-hybridized carbons (Fsp3) is 0.0811. The van der Waals surface area contributed by atoms with E-state index in [0.29, 0.717) is 39.2 Å². The van der Waals surface area contributed by atoms with Crippen LogP contribution in [0.3, 0.4) is 0 Å². The highest BCUT2D eigenvalue weighted by atomic mass is 35.5. The lowest BCUT2D eigenvalue weighted by Crippen LogP contribution is -2.30. The van der Waals surface area contributed by atoms with Crippen LogP contribution < -0.4 is 25.4 Å². The van der Waals surface area contributed by atoms with E-state index in [2.05, 4.69) is 20.9 Å². The number of nitrogens with one attached hydrogen (secondary N) is 3. The quantitative estimate of drug-likeness (QED) is 0.0917. The molecule has 0 radical (unpaired) electrons. The lowest BCUT2D eigenvalue weighted by Gasteiger charge is -2.18. The predicted molar refractivity (Wildman–Crippen MR) is 189 cm³/mol. The molecule has 1 unspecified atom stereocenters. The van der Waals surface area contributed by atoms with Crippen LogP contribution in [-0.4, -0.2) is 36.9 Å². The first-order valence-corrected chi connectivity index (χ1v) is 15.9. The van der Waals surface area contributed by atoms with Crippen molar-refractivity contribution >= 4 is 58.7 Å². The molecule has 0 saturated heterocycles. The highest BCUT2D eigenvalue weighted by Gasteiger charge is 2.23. The number of methoxy groups -OCH3 is 2. The summed E-state index contributed by atoms with van der Waals surface area (Å²) in [5.74, 6) is 0.0942. The molecule has 0 aliphatic rings. The van der Waals surface area contributed by atoms with Gasteiger partial charge >= 0.3 is 0 Å². The SMILES string of the molecule is COc1ccc(/C=C(/NC(=O)c2ccccc2)C(=O)Nc2cccc(SC(C(=O)Nc3ccc(Cl)cn3)c3ccccc3)c2)c(OC)c1. The van der Waals surface area contributed by atoms with E-state index in [0.717, 1.165) is 10.5 Å². The molecule has 3 amide bonds. The Morgan fingerprint density at radius 1 is 0.812 bits per heavy atom. The zero-order valence-electron chi connectivity index (χ0n) is 26.0. The molecule has 3 N–H and O–H groups in total. The number of hydrogen-bond acceptors (Lipinski definition) is 7. The maximum atomic E-state index is 13.8. The third-order valence-electron chi connectivity index (χ3n) is 6.93. The molecule has 0 fully saturated rings. The molecule has 5 rings (SSSR count). The molecule has 48 heavy (non-hydrogen) atoms. The highest BCUT2D eigenvalue weighted by molar-refractivity contribution is 8.00. The van der Waals surface area contributed by atoms with Crippen molar-refractivity contribution in [3.63, 3.8) is 0 Å². The summed E-state index contributed by atoms with van der Waals surface area (Å²) in [5, 5.41) is 8.30. The summed E-state index contributed by atoms with van der Waals surface area (Å²) in [7, 11) is 3.05. The van der Waals surface area contributed by atoms with Crippen LogP contribution in [0.1, 0.15) is 26.7 Å². The number of ether oxygens (including phenoxy) is 2. The Morgan fingerprint density at radius 2 is 1.56 bits per heavy atom. The normalized spacial score (nSPS) is 11.6. The molecule has 242 valence electrons. The second-order valence-electron chi connectivity index (χ2n) is 10.2. The average Bonchev–Trinajstić information content (AvgIpc) is 3.12. The number of anilines is 2. The molecule has 4 aromatic carbocycles. The van der Waals surface area contributed by atoms with Crippen LogP contribution in [0.2, 0.25) is 5.02 Å². The van der Waals surface area contributed by atoms with Gasteiger partial charge in [0.05, 0.1) is 19.2 Å². The van der Waals surface area contributed by atoms with E-state index in [1.807, 2.05) is 36.4 Å². The molecule has 0 saturated carbocycles. The van der Waals surface area contributed by atoms with Crippen LogP contribution in [0.25, 0.3) is 6.08 Å². The van der Waals surface area contributed by atoms with Gasteiger partial charge in [-0.1, -0.05) is 66.2 Å². The molecule has 1 atom stereocenters. The van der Waals surface area contributed by atoms with Gasteiger partial charge in [-0.3, -0.25) is 14.4 Å². The molecule has 0 bridgehead atoms. The van der Waals surface area contributed by atoms with Gasteiger partial charge in [0.2, 0.25) is 5.91 Å². The van der Waals surface area contributed by atoms with E-state index in [1.165, 1.54) is 31.1 Å². The summed E-state index contributed by atoms with van der Waals surface area (Å²) in [4.78, 5) is 45.3. The number of thioether (sulfide) groups is 1. The van der Waals surface area contributed by atoms with Gasteiger partial charge in [-0.2, -0.15) is 0 Å². The minimum atomic E-state index is -0.641. The smallest absolute Gasteiger partial charge is 0.272 e. The van der Waals surface area contributed by atoms with E-state index in [1.54, 1.807) is 86.0 Å². The van der Waals surface area contributed by atoms with Gasteiger partial charge in [0.1, 0.15) is 28.3 Å². The van der Waals surface area contributed by atoms with E-state index < -0.39 is 17.1 Å². The first-order valence-electron chi connectivity index (χ1n) is 14.7. The molecule has 9 nitrogen and oxygen atoms in total. The van der Waals surface area contributed by atoms with Crippen LogP contribution in [0.4, 0.5) is 11.5 Å². The molecule has 5 aromatic rings. The lowest BCUT2D eigenvalue weighted by atomic mass is 10.1. The van der Waals surface area contributed by atoms with Crippen LogP contribution >= 0.6 is 23.4 Å². The molecular formula is C37H31ClN4O5S. The maximum Gasteiger partial charge on any atom is 0.272 e. The molecule has 0 aliphatic carbocycles. The third kappa shape index (κ3) is 9.03. The fourth-order valence-corrected chi connectivity index (χ4v) is 5.75. The fourth-order valence-electron chi connectivity index (χ4n) is 4.56. The number of rotatable bonds is 12. The van der Waals surface area contributed by atoms with Crippen molar-refractivity contribution in [1.29, 1.82) is 0 Å². The van der Waals surface area contributed by atoms with Gasteiger partial charge in [-0.25, -0.2) is 4.98 Å². The van der Waals surface area contributed by atoms with Crippen LogP contribution in [0.15, 0.2) is 132 Å². The standard InChI is InChI=1S/C37H31ClN4O5S/c1-46-29-18-16-26(32(22-29)47-2)20-31(41-35(43)25-12-7-4-8-13-25)36(44)40-28-14-9-15-30(21-28)48-34(24-10-5-3-6-11-24)37(45)42-33-19-17-27(38)23-39-33/h3-23,34H,1-2H3,(H,40,44)(H,41,43)(H,39,42,45)/b31-20+. The minimum Gasteiger partial charge on any atom is -0.497 e. The summed E-state index contributed by atoms with van der Waals surface area (Å²) >= 11 is 7.27. The summed E-state index contributed by atoms with van der Waals surface area (Å²) < 4.78 is 10.8. The molecule has 0 spiro atoms. The van der Waals surface area contributed by atoms with E-state index in [9.17, 15) is 14.4 Å². The Labute approximate surface area is 287 Å². The molecule has 1 heterocycles. The Kier molecular flexibility index (Phi) is 11.5. The molecule has 11 heteroatoms. The zero-order valence-corrected chi connectivity index (χ0v) is 27.5. The number of halogens is 1. The van der Waals surface area contributed by atoms with Gasteiger partial charge in [-0.05, 0) is 66.2 Å². The summed E-state index contributed by atoms with van der Waals surface area (Å²) in [6, 6.07) is 33.5. The number of carbonyl (C=O) groups excluding carboxylic acids is 3. The van der Waals surface area contributed by atoms with E-state index in [-0.39, 0.29) is 11.6 Å². The van der Waals surface area contributed by atoms with Crippen LogP contribution in [-0.2, 0) is 9.59 Å². The molecule has 0 aliphatic heterocycles. The van der Waals surface area contributed by atoms with Gasteiger partial charge < -0.3 is 25.4 Å². The highest BCUT2D eigenvalue weighted by Crippen LogP contribution is 2.37. The summed E-state index contributed by atoms with van der Waals surface area (Å²) in [6.45, 7) is 0. The number of carbonyl (C=O) groups is 3. The second kappa shape index (κ2) is 16.3. The number of nitrogens with zero attached hydrogens (tertiary/aromatic N) is 1. The molecular weight excluding hydrogens is 648 g/mol. The Morgan fingerprint density at radius 3 is 2.25 bits per heavy atom. The second-order valence-corrected chi connectivity index (χ2v) is 11.8. The topological polar surface area (TPSA) is 119 Å². The average molecular weight is 679 g/mol. The summed E-state index contributed by atoms with van der Waals surface area (Å²) in [5.41, 5.74) is 2.16. The largest absolute Gasteiger partial charge is 0.497 e. The van der Waals surface area contributed by atoms with Crippen LogP contribution in [0.5, 0.6) is 11.5 Å². The third-order valence-corrected chi connectivity index (χ3v) is 8.41. The molecule has 1 aromatic heterocycles. The van der Waals surface area contributed by atoms with Crippen molar-refractivity contribution in [2.75, 3.05) is 24.9 Å². The summed E-state index contributed by atoms with van der Waals surface area (Å²) in [6.07, 6.45) is 3.00. The minimum absolute atomic E-state index is 0.0117. The first kappa shape index (κ1) is 33.8. The van der Waals surface area contributed by atoms with E-state index >= 15 is 0 Å². The Hall–Kier alpha value is -5.58. The van der Waals surface area contributed by atoms with E-state index in [4.69, 9.17) is 21.1 Å². The Balaban J connectivity index is 1.40. The number of pyridine rings is 1. The van der Waals surface area contributed by atoms with Gasteiger partial charge in [0, 0.05) is 34.0 Å². The number of amides is 3. The van der Waals surface area contributed by atoms with Gasteiger partial charge in [0.25, 0.3) is 11.8 Å². The number of benzene rings is 4. The van der Waals surface area contributed by atoms with Crippen molar-refractivity contribution in [1.82, 2.24) is 10.3 Å². The van der Waals surface area contributed by atoms with Crippen molar-refractivity contribution in [2.45, 2.75) is 10.1 Å². The monoisotopic (exact) mass is 678 g/mol. The lowest BCUT2D eigenvalue weighted by molar-refractivity contribution is -0.116. The van der Waals surface area contributed by atoms with Crippen LogP contribution in [0, 0.1) is 0 Å². The zero-order chi connectivity index (χ0) is 33.9.